The third-order valence-corrected chi connectivity index (χ3v) is 5.21. The number of hydrogen-bond acceptors (Lipinski definition) is 6. The van der Waals surface area contributed by atoms with E-state index in [1.807, 2.05) is 37.4 Å². The molecule has 0 bridgehead atoms. The second-order valence-electron chi connectivity index (χ2n) is 4.93. The third kappa shape index (κ3) is 3.43. The lowest BCUT2D eigenvalue weighted by Gasteiger charge is -2.07. The summed E-state index contributed by atoms with van der Waals surface area (Å²) in [5, 5.41) is 2.77. The van der Waals surface area contributed by atoms with Crippen molar-refractivity contribution in [1.29, 1.82) is 0 Å². The summed E-state index contributed by atoms with van der Waals surface area (Å²) in [5.74, 6) is -0.272. The Balaban J connectivity index is 1.80. The van der Waals surface area contributed by atoms with Crippen molar-refractivity contribution in [2.75, 3.05) is 11.6 Å². The first-order chi connectivity index (χ1) is 11.1. The molecule has 23 heavy (non-hydrogen) atoms. The number of nitrogens with one attached hydrogen (secondary N) is 1. The highest BCUT2D eigenvalue weighted by Crippen LogP contribution is 2.24. The molecular formula is C15H14N4O2S2. The first kappa shape index (κ1) is 15.7. The van der Waals surface area contributed by atoms with Crippen LogP contribution in [0, 0.1) is 6.92 Å². The van der Waals surface area contributed by atoms with Crippen molar-refractivity contribution in [2.24, 2.45) is 0 Å². The van der Waals surface area contributed by atoms with Crippen LogP contribution in [-0.2, 0) is 11.3 Å². The molecule has 0 aliphatic rings. The van der Waals surface area contributed by atoms with Crippen molar-refractivity contribution < 1.29 is 4.79 Å². The van der Waals surface area contributed by atoms with Gasteiger partial charge in [-0.1, -0.05) is 29.5 Å². The van der Waals surface area contributed by atoms with Crippen LogP contribution >= 0.6 is 23.1 Å². The topological polar surface area (TPSA) is 76.9 Å². The van der Waals surface area contributed by atoms with Crippen molar-refractivity contribution in [3.8, 4) is 0 Å². The zero-order valence-electron chi connectivity index (χ0n) is 12.6. The third-order valence-electron chi connectivity index (χ3n) is 3.19. The molecule has 0 aliphatic carbocycles. The van der Waals surface area contributed by atoms with Gasteiger partial charge in [-0.25, -0.2) is 9.97 Å². The van der Waals surface area contributed by atoms with Crippen LogP contribution in [-0.4, -0.2) is 26.7 Å². The molecule has 0 spiro atoms. The van der Waals surface area contributed by atoms with Gasteiger partial charge in [0.15, 0.2) is 9.99 Å². The summed E-state index contributed by atoms with van der Waals surface area (Å²) in [7, 11) is 0. The number of aryl methyl sites for hydroxylation is 1. The molecule has 0 aliphatic heterocycles. The van der Waals surface area contributed by atoms with Crippen molar-refractivity contribution in [3.05, 3.63) is 46.5 Å². The Morgan fingerprint density at radius 2 is 2.09 bits per heavy atom. The Morgan fingerprint density at radius 3 is 2.78 bits per heavy atom. The molecule has 0 radical (unpaired) electrons. The van der Waals surface area contributed by atoms with Crippen molar-refractivity contribution >= 4 is 45.0 Å². The number of thiazole rings is 1. The highest BCUT2D eigenvalue weighted by atomic mass is 32.2. The van der Waals surface area contributed by atoms with Gasteiger partial charge in [0, 0.05) is 5.69 Å². The normalized spacial score (nSPS) is 10.9. The quantitative estimate of drug-likeness (QED) is 0.735. The number of hydrogen-bond donors (Lipinski definition) is 1. The second kappa shape index (κ2) is 6.51. The number of nitrogens with zero attached hydrogens (tertiary/aromatic N) is 3. The molecule has 6 nitrogen and oxygen atoms in total. The van der Waals surface area contributed by atoms with Crippen LogP contribution < -0.4 is 10.9 Å². The standard InChI is InChI=1S/C15H14N4O2S2/c1-9-3-5-10(6-4-9)17-11(20)7-19-8-16-13-12(14(19)21)23-15(18-13)22-2/h3-6,8H,7H2,1-2H3,(H,17,20). The largest absolute Gasteiger partial charge is 0.325 e. The van der Waals surface area contributed by atoms with Crippen LogP contribution in [0.1, 0.15) is 5.56 Å². The summed E-state index contributed by atoms with van der Waals surface area (Å²) in [6.07, 6.45) is 3.26. The number of carbonyl (C=O) groups is 1. The monoisotopic (exact) mass is 346 g/mol. The van der Waals surface area contributed by atoms with E-state index in [0.29, 0.717) is 16.0 Å². The van der Waals surface area contributed by atoms with E-state index >= 15 is 0 Å². The van der Waals surface area contributed by atoms with Gasteiger partial charge in [0.2, 0.25) is 5.91 Å². The molecule has 1 amide bonds. The van der Waals surface area contributed by atoms with E-state index in [0.717, 1.165) is 9.90 Å². The Kier molecular flexibility index (Phi) is 4.44. The summed E-state index contributed by atoms with van der Waals surface area (Å²) < 4.78 is 2.56. The Hall–Kier alpha value is -2.19. The predicted molar refractivity (Wildman–Crippen MR) is 93.3 cm³/mol. The highest BCUT2D eigenvalue weighted by Gasteiger charge is 2.12. The minimum absolute atomic E-state index is 0.0812. The van der Waals surface area contributed by atoms with Gasteiger partial charge in [0.1, 0.15) is 17.6 Å². The number of rotatable bonds is 4. The van der Waals surface area contributed by atoms with Gasteiger partial charge in [0.25, 0.3) is 5.56 Å². The second-order valence-corrected chi connectivity index (χ2v) is 6.98. The van der Waals surface area contributed by atoms with E-state index in [1.165, 1.54) is 34.0 Å². The SMILES string of the molecule is CSc1nc2ncn(CC(=O)Nc3ccc(C)cc3)c(=O)c2s1. The molecular weight excluding hydrogens is 332 g/mol. The fourth-order valence-electron chi connectivity index (χ4n) is 2.02. The van der Waals surface area contributed by atoms with Crippen molar-refractivity contribution in [1.82, 2.24) is 14.5 Å². The fourth-order valence-corrected chi connectivity index (χ4v) is 3.48. The Labute approximate surface area is 140 Å². The van der Waals surface area contributed by atoms with Gasteiger partial charge < -0.3 is 5.32 Å². The molecule has 1 aromatic carbocycles. The zero-order chi connectivity index (χ0) is 16.4. The van der Waals surface area contributed by atoms with Gasteiger partial charge in [-0.3, -0.25) is 14.2 Å². The number of fused-ring (bicyclic) bond motifs is 1. The molecule has 0 fully saturated rings. The summed E-state index contributed by atoms with van der Waals surface area (Å²) in [6, 6.07) is 7.48. The number of anilines is 1. The van der Waals surface area contributed by atoms with E-state index in [2.05, 4.69) is 15.3 Å². The van der Waals surface area contributed by atoms with Crippen LogP contribution in [0.5, 0.6) is 0 Å². The Bertz CT molecular complexity index is 915. The molecule has 2 aromatic heterocycles. The van der Waals surface area contributed by atoms with E-state index < -0.39 is 0 Å². The molecule has 8 heteroatoms. The highest BCUT2D eigenvalue weighted by molar-refractivity contribution is 8.00. The number of carbonyl (C=O) groups excluding carboxylic acids is 1. The maximum atomic E-state index is 12.4. The minimum atomic E-state index is -0.272. The molecule has 2 heterocycles. The van der Waals surface area contributed by atoms with E-state index in [9.17, 15) is 9.59 Å². The average Bonchev–Trinajstić information content (AvgIpc) is 2.96. The first-order valence-electron chi connectivity index (χ1n) is 6.83. The van der Waals surface area contributed by atoms with E-state index in [-0.39, 0.29) is 18.0 Å². The smallest absolute Gasteiger partial charge is 0.273 e. The van der Waals surface area contributed by atoms with Crippen molar-refractivity contribution in [2.45, 2.75) is 17.8 Å². The summed E-state index contributed by atoms with van der Waals surface area (Å²) in [5.41, 5.74) is 2.00. The van der Waals surface area contributed by atoms with Crippen LogP contribution in [0.15, 0.2) is 39.7 Å². The molecule has 0 saturated heterocycles. The molecule has 0 atom stereocenters. The number of thioether (sulfide) groups is 1. The molecule has 118 valence electrons. The summed E-state index contributed by atoms with van der Waals surface area (Å²) in [6.45, 7) is 1.89. The summed E-state index contributed by atoms with van der Waals surface area (Å²) in [4.78, 5) is 32.9. The van der Waals surface area contributed by atoms with E-state index in [4.69, 9.17) is 0 Å². The predicted octanol–water partition coefficient (Wildman–Crippen LogP) is 2.52. The fraction of sp³-hybridized carbons (Fsp3) is 0.200. The van der Waals surface area contributed by atoms with Gasteiger partial charge in [0.05, 0.1) is 0 Å². The zero-order valence-corrected chi connectivity index (χ0v) is 14.2. The Morgan fingerprint density at radius 1 is 1.35 bits per heavy atom. The van der Waals surface area contributed by atoms with Crippen LogP contribution in [0.25, 0.3) is 10.3 Å². The van der Waals surface area contributed by atoms with Crippen LogP contribution in [0.4, 0.5) is 5.69 Å². The van der Waals surface area contributed by atoms with Gasteiger partial charge in [-0.2, -0.15) is 0 Å². The van der Waals surface area contributed by atoms with Crippen LogP contribution in [0.3, 0.4) is 0 Å². The lowest BCUT2D eigenvalue weighted by atomic mass is 10.2. The van der Waals surface area contributed by atoms with Gasteiger partial charge >= 0.3 is 0 Å². The first-order valence-corrected chi connectivity index (χ1v) is 8.87. The maximum absolute atomic E-state index is 12.4. The maximum Gasteiger partial charge on any atom is 0.273 e. The number of benzene rings is 1. The molecule has 3 aromatic rings. The molecule has 1 N–H and O–H groups in total. The lowest BCUT2D eigenvalue weighted by molar-refractivity contribution is -0.116. The molecule has 0 saturated carbocycles. The molecule has 0 unspecified atom stereocenters. The van der Waals surface area contributed by atoms with Gasteiger partial charge in [-0.05, 0) is 25.3 Å². The van der Waals surface area contributed by atoms with Crippen molar-refractivity contribution in [3.63, 3.8) is 0 Å². The van der Waals surface area contributed by atoms with E-state index in [1.54, 1.807) is 0 Å². The summed E-state index contributed by atoms with van der Waals surface area (Å²) >= 11 is 2.76. The number of aromatic nitrogens is 3. The van der Waals surface area contributed by atoms with Gasteiger partial charge in [-0.15, -0.1) is 11.3 Å². The number of amides is 1. The average molecular weight is 346 g/mol. The lowest BCUT2D eigenvalue weighted by Crippen LogP contribution is -2.27. The minimum Gasteiger partial charge on any atom is -0.325 e. The molecule has 3 rings (SSSR count). The van der Waals surface area contributed by atoms with Crippen LogP contribution in [0.2, 0.25) is 0 Å².